The van der Waals surface area contributed by atoms with Crippen molar-refractivity contribution >= 4 is 0 Å². The second-order valence-electron chi connectivity index (χ2n) is 6.47. The van der Waals surface area contributed by atoms with Gasteiger partial charge in [-0.15, -0.1) is 0 Å². The molecule has 0 spiro atoms. The molecule has 0 saturated carbocycles. The van der Waals surface area contributed by atoms with Gasteiger partial charge in [-0.25, -0.2) is 0 Å². The number of hydrogen-bond donors (Lipinski definition) is 1. The van der Waals surface area contributed by atoms with Crippen LogP contribution in [0.5, 0.6) is 0 Å². The van der Waals surface area contributed by atoms with Crippen molar-refractivity contribution in [3.8, 4) is 0 Å². The van der Waals surface area contributed by atoms with E-state index in [0.717, 1.165) is 31.0 Å². The lowest BCUT2D eigenvalue weighted by Crippen LogP contribution is -2.36. The van der Waals surface area contributed by atoms with Crippen molar-refractivity contribution < 1.29 is 14.3 Å². The lowest BCUT2D eigenvalue weighted by molar-refractivity contribution is -0.0107. The van der Waals surface area contributed by atoms with Crippen LogP contribution in [0.1, 0.15) is 45.6 Å². The van der Waals surface area contributed by atoms with Gasteiger partial charge in [0, 0.05) is 6.54 Å². The van der Waals surface area contributed by atoms with Crippen molar-refractivity contribution in [1.29, 1.82) is 0 Å². The van der Waals surface area contributed by atoms with E-state index in [1.165, 1.54) is 0 Å². The summed E-state index contributed by atoms with van der Waals surface area (Å²) in [4.78, 5) is 2.24. The molecule has 1 atom stereocenters. The highest BCUT2D eigenvalue weighted by molar-refractivity contribution is 5.05. The van der Waals surface area contributed by atoms with Crippen LogP contribution in [-0.2, 0) is 11.3 Å². The molecule has 1 aromatic heterocycles. The molecule has 1 heterocycles. The second-order valence-corrected chi connectivity index (χ2v) is 6.47. The maximum Gasteiger partial charge on any atom is 0.118 e. The highest BCUT2D eigenvalue weighted by Gasteiger charge is 2.15. The second kappa shape index (κ2) is 9.23. The van der Waals surface area contributed by atoms with Gasteiger partial charge < -0.3 is 14.3 Å². The first-order valence-corrected chi connectivity index (χ1v) is 7.94. The van der Waals surface area contributed by atoms with E-state index in [2.05, 4.69) is 18.7 Å². The van der Waals surface area contributed by atoms with Crippen LogP contribution in [0.15, 0.2) is 16.5 Å². The molecule has 0 radical (unpaired) electrons. The van der Waals surface area contributed by atoms with Crippen molar-refractivity contribution in [3.63, 3.8) is 0 Å². The fraction of sp³-hybridized carbons (Fsp3) is 0.765. The summed E-state index contributed by atoms with van der Waals surface area (Å²) in [6.45, 7) is 13.0. The van der Waals surface area contributed by atoms with Crippen molar-refractivity contribution in [2.75, 3.05) is 19.7 Å². The SMILES string of the molecule is Cc1ccc(CN(CCC(C)C)CC(O)COC(C)C)o1. The molecule has 21 heavy (non-hydrogen) atoms. The van der Waals surface area contributed by atoms with Crippen LogP contribution < -0.4 is 0 Å². The van der Waals surface area contributed by atoms with Crippen LogP contribution in [0, 0.1) is 12.8 Å². The first-order valence-electron chi connectivity index (χ1n) is 7.94. The first kappa shape index (κ1) is 18.2. The van der Waals surface area contributed by atoms with Gasteiger partial charge in [-0.3, -0.25) is 4.90 Å². The highest BCUT2D eigenvalue weighted by atomic mass is 16.5. The Balaban J connectivity index is 2.50. The Kier molecular flexibility index (Phi) is 8.01. The third-order valence-electron chi connectivity index (χ3n) is 3.29. The maximum atomic E-state index is 10.1. The van der Waals surface area contributed by atoms with Gasteiger partial charge in [0.25, 0.3) is 0 Å². The molecule has 1 aromatic rings. The van der Waals surface area contributed by atoms with Gasteiger partial charge in [-0.1, -0.05) is 13.8 Å². The van der Waals surface area contributed by atoms with E-state index in [4.69, 9.17) is 9.15 Å². The van der Waals surface area contributed by atoms with E-state index in [1.54, 1.807) is 0 Å². The maximum absolute atomic E-state index is 10.1. The van der Waals surface area contributed by atoms with Crippen LogP contribution in [0.3, 0.4) is 0 Å². The summed E-state index contributed by atoms with van der Waals surface area (Å²) < 4.78 is 11.1. The van der Waals surface area contributed by atoms with Crippen LogP contribution >= 0.6 is 0 Å². The molecule has 0 aliphatic heterocycles. The third kappa shape index (κ3) is 8.24. The number of furan rings is 1. The highest BCUT2D eigenvalue weighted by Crippen LogP contribution is 2.12. The summed E-state index contributed by atoms with van der Waals surface area (Å²) in [5.74, 6) is 2.53. The van der Waals surface area contributed by atoms with E-state index in [0.29, 0.717) is 19.1 Å². The molecular weight excluding hydrogens is 266 g/mol. The Morgan fingerprint density at radius 2 is 1.95 bits per heavy atom. The van der Waals surface area contributed by atoms with Gasteiger partial charge in [-0.05, 0) is 51.8 Å². The first-order chi connectivity index (χ1) is 9.86. The fourth-order valence-electron chi connectivity index (χ4n) is 2.12. The molecule has 0 aromatic carbocycles. The molecule has 0 saturated heterocycles. The van der Waals surface area contributed by atoms with Gasteiger partial charge in [0.05, 0.1) is 25.4 Å². The molecule has 4 nitrogen and oxygen atoms in total. The molecular formula is C17H31NO3. The number of ether oxygens (including phenoxy) is 1. The molecule has 0 fully saturated rings. The summed E-state index contributed by atoms with van der Waals surface area (Å²) in [6, 6.07) is 3.99. The molecule has 1 N–H and O–H groups in total. The standard InChI is InChI=1S/C17H31NO3/c1-13(2)8-9-18(10-16(19)12-20-14(3)4)11-17-7-6-15(5)21-17/h6-7,13-14,16,19H,8-12H2,1-5H3. The largest absolute Gasteiger partial charge is 0.465 e. The molecule has 0 aliphatic rings. The Morgan fingerprint density at radius 1 is 1.24 bits per heavy atom. The number of aliphatic hydroxyl groups is 1. The average Bonchev–Trinajstić information content (AvgIpc) is 2.79. The predicted molar refractivity (Wildman–Crippen MR) is 85.3 cm³/mol. The molecule has 4 heteroatoms. The summed E-state index contributed by atoms with van der Waals surface area (Å²) in [5.41, 5.74) is 0. The van der Waals surface area contributed by atoms with Crippen LogP contribution in [0.25, 0.3) is 0 Å². The van der Waals surface area contributed by atoms with E-state index >= 15 is 0 Å². The van der Waals surface area contributed by atoms with Crippen molar-refractivity contribution in [2.45, 2.75) is 59.8 Å². The van der Waals surface area contributed by atoms with Crippen LogP contribution in [-0.4, -0.2) is 41.9 Å². The Bertz CT molecular complexity index is 387. The third-order valence-corrected chi connectivity index (χ3v) is 3.29. The van der Waals surface area contributed by atoms with E-state index in [1.807, 2.05) is 32.9 Å². The lowest BCUT2D eigenvalue weighted by Gasteiger charge is -2.25. The van der Waals surface area contributed by atoms with Gasteiger partial charge in [-0.2, -0.15) is 0 Å². The van der Waals surface area contributed by atoms with E-state index < -0.39 is 6.10 Å². The summed E-state index contributed by atoms with van der Waals surface area (Å²) in [6.07, 6.45) is 0.796. The molecule has 122 valence electrons. The van der Waals surface area contributed by atoms with E-state index in [-0.39, 0.29) is 6.10 Å². The van der Waals surface area contributed by atoms with Gasteiger partial charge in [0.2, 0.25) is 0 Å². The number of rotatable bonds is 10. The van der Waals surface area contributed by atoms with Gasteiger partial charge in [0.1, 0.15) is 11.5 Å². The zero-order valence-corrected chi connectivity index (χ0v) is 14.1. The van der Waals surface area contributed by atoms with Gasteiger partial charge >= 0.3 is 0 Å². The predicted octanol–water partition coefficient (Wildman–Crippen LogP) is 3.22. The summed E-state index contributed by atoms with van der Waals surface area (Å²) >= 11 is 0. The topological polar surface area (TPSA) is 45.8 Å². The molecule has 0 bridgehead atoms. The number of hydrogen-bond acceptors (Lipinski definition) is 4. The quantitative estimate of drug-likeness (QED) is 0.720. The zero-order valence-electron chi connectivity index (χ0n) is 14.1. The fourth-order valence-corrected chi connectivity index (χ4v) is 2.12. The van der Waals surface area contributed by atoms with Crippen molar-refractivity contribution in [3.05, 3.63) is 23.7 Å². The average molecular weight is 297 g/mol. The monoisotopic (exact) mass is 297 g/mol. The Labute approximate surface area is 129 Å². The van der Waals surface area contributed by atoms with Crippen LogP contribution in [0.4, 0.5) is 0 Å². The van der Waals surface area contributed by atoms with E-state index in [9.17, 15) is 5.11 Å². The Morgan fingerprint density at radius 3 is 2.48 bits per heavy atom. The van der Waals surface area contributed by atoms with Gasteiger partial charge in [0.15, 0.2) is 0 Å². The number of nitrogens with zero attached hydrogens (tertiary/aromatic N) is 1. The number of aryl methyl sites for hydroxylation is 1. The zero-order chi connectivity index (χ0) is 15.8. The minimum atomic E-state index is -0.462. The minimum absolute atomic E-state index is 0.150. The van der Waals surface area contributed by atoms with Crippen molar-refractivity contribution in [1.82, 2.24) is 4.90 Å². The molecule has 0 aliphatic carbocycles. The number of aliphatic hydroxyl groups excluding tert-OH is 1. The summed E-state index contributed by atoms with van der Waals surface area (Å²) in [5, 5.41) is 10.1. The lowest BCUT2D eigenvalue weighted by atomic mass is 10.1. The van der Waals surface area contributed by atoms with Crippen molar-refractivity contribution in [2.24, 2.45) is 5.92 Å². The molecule has 0 amide bonds. The smallest absolute Gasteiger partial charge is 0.118 e. The van der Waals surface area contributed by atoms with Crippen LogP contribution in [0.2, 0.25) is 0 Å². The minimum Gasteiger partial charge on any atom is -0.465 e. The normalized spacial score (nSPS) is 13.6. The molecule has 1 rings (SSSR count). The summed E-state index contributed by atoms with van der Waals surface area (Å²) in [7, 11) is 0. The molecule has 1 unspecified atom stereocenters. The Hall–Kier alpha value is -0.840.